The third-order valence-electron chi connectivity index (χ3n) is 2.77. The van der Waals surface area contributed by atoms with Crippen molar-refractivity contribution in [1.29, 1.82) is 0 Å². The van der Waals surface area contributed by atoms with Gasteiger partial charge in [-0.05, 0) is 18.9 Å². The number of aromatic nitrogens is 2. The van der Waals surface area contributed by atoms with Crippen LogP contribution in [0.2, 0.25) is 0 Å². The summed E-state index contributed by atoms with van der Waals surface area (Å²) in [6, 6.07) is 7.58. The molecule has 0 aliphatic heterocycles. The monoisotopic (exact) mass is 294 g/mol. The molecule has 0 fully saturated rings. The third-order valence-corrected chi connectivity index (χ3v) is 3.33. The van der Waals surface area contributed by atoms with Crippen LogP contribution in [0.3, 0.4) is 0 Å². The highest BCUT2D eigenvalue weighted by Crippen LogP contribution is 2.07. The van der Waals surface area contributed by atoms with E-state index in [0.717, 1.165) is 35.4 Å². The first-order valence-electron chi connectivity index (χ1n) is 5.84. The molecule has 0 N–H and O–H groups in total. The molecule has 1 heterocycles. The molecule has 4 heteroatoms. The van der Waals surface area contributed by atoms with Gasteiger partial charge < -0.3 is 0 Å². The Morgan fingerprint density at radius 1 is 1.18 bits per heavy atom. The molecule has 17 heavy (non-hydrogen) atoms. The van der Waals surface area contributed by atoms with E-state index in [1.165, 1.54) is 0 Å². The number of fused-ring (bicyclic) bond motifs is 1. The van der Waals surface area contributed by atoms with Crippen molar-refractivity contribution in [2.45, 2.75) is 25.8 Å². The summed E-state index contributed by atoms with van der Waals surface area (Å²) in [5.41, 5.74) is 0.0157. The lowest BCUT2D eigenvalue weighted by Crippen LogP contribution is -2.22. The minimum Gasteiger partial charge on any atom is -0.267 e. The van der Waals surface area contributed by atoms with Crippen LogP contribution >= 0.6 is 15.9 Å². The minimum absolute atomic E-state index is 0.0157. The van der Waals surface area contributed by atoms with Crippen LogP contribution in [0.5, 0.6) is 0 Å². The van der Waals surface area contributed by atoms with Gasteiger partial charge in [0.2, 0.25) is 0 Å². The Bertz CT molecular complexity index is 550. The van der Waals surface area contributed by atoms with E-state index in [4.69, 9.17) is 0 Å². The molecule has 2 aromatic rings. The van der Waals surface area contributed by atoms with Gasteiger partial charge in [0.25, 0.3) is 5.56 Å². The van der Waals surface area contributed by atoms with E-state index in [9.17, 15) is 4.79 Å². The molecule has 0 bridgehead atoms. The van der Waals surface area contributed by atoms with Gasteiger partial charge in [0.1, 0.15) is 0 Å². The lowest BCUT2D eigenvalue weighted by atomic mass is 10.2. The third kappa shape index (κ3) is 2.94. The summed E-state index contributed by atoms with van der Waals surface area (Å²) in [5.74, 6) is 0. The summed E-state index contributed by atoms with van der Waals surface area (Å²) < 4.78 is 1.57. The molecule has 0 unspecified atom stereocenters. The SMILES string of the molecule is O=c1c2ccccc2cnn1CCCCCBr. The minimum atomic E-state index is 0.0157. The Hall–Kier alpha value is -1.16. The Labute approximate surface area is 109 Å². The van der Waals surface area contributed by atoms with Crippen molar-refractivity contribution in [2.24, 2.45) is 0 Å². The van der Waals surface area contributed by atoms with Crippen molar-refractivity contribution < 1.29 is 0 Å². The van der Waals surface area contributed by atoms with Crippen LogP contribution in [0, 0.1) is 0 Å². The van der Waals surface area contributed by atoms with E-state index in [2.05, 4.69) is 21.0 Å². The topological polar surface area (TPSA) is 34.9 Å². The van der Waals surface area contributed by atoms with E-state index in [1.807, 2.05) is 24.3 Å². The van der Waals surface area contributed by atoms with Gasteiger partial charge in [0.15, 0.2) is 0 Å². The number of nitrogens with zero attached hydrogens (tertiary/aromatic N) is 2. The fourth-order valence-corrected chi connectivity index (χ4v) is 2.22. The highest BCUT2D eigenvalue weighted by atomic mass is 79.9. The fourth-order valence-electron chi connectivity index (χ4n) is 1.82. The zero-order valence-electron chi connectivity index (χ0n) is 9.60. The molecular formula is C13H15BrN2O. The molecule has 2 rings (SSSR count). The average Bonchev–Trinajstić information content (AvgIpc) is 2.37. The predicted molar refractivity (Wildman–Crippen MR) is 73.6 cm³/mol. The first kappa shape index (κ1) is 12.3. The number of halogens is 1. The van der Waals surface area contributed by atoms with Crippen LogP contribution in [0.1, 0.15) is 19.3 Å². The van der Waals surface area contributed by atoms with Gasteiger partial charge in [-0.25, -0.2) is 4.68 Å². The second-order valence-electron chi connectivity index (χ2n) is 4.01. The van der Waals surface area contributed by atoms with E-state index in [-0.39, 0.29) is 5.56 Å². The highest BCUT2D eigenvalue weighted by molar-refractivity contribution is 9.09. The van der Waals surface area contributed by atoms with E-state index in [0.29, 0.717) is 6.54 Å². The largest absolute Gasteiger partial charge is 0.274 e. The van der Waals surface area contributed by atoms with E-state index >= 15 is 0 Å². The molecular weight excluding hydrogens is 280 g/mol. The molecule has 0 saturated carbocycles. The van der Waals surface area contributed by atoms with Gasteiger partial charge in [-0.15, -0.1) is 0 Å². The summed E-state index contributed by atoms with van der Waals surface area (Å²) in [6.45, 7) is 0.705. The number of alkyl halides is 1. The Morgan fingerprint density at radius 3 is 2.82 bits per heavy atom. The molecule has 3 nitrogen and oxygen atoms in total. The summed E-state index contributed by atoms with van der Waals surface area (Å²) in [5, 5.41) is 6.88. The summed E-state index contributed by atoms with van der Waals surface area (Å²) in [4.78, 5) is 12.1. The van der Waals surface area contributed by atoms with Crippen LogP contribution in [0.15, 0.2) is 35.3 Å². The van der Waals surface area contributed by atoms with Gasteiger partial charge in [0.05, 0.1) is 11.6 Å². The molecule has 0 aliphatic carbocycles. The molecule has 0 atom stereocenters. The number of benzene rings is 1. The van der Waals surface area contributed by atoms with Crippen LogP contribution in [0.4, 0.5) is 0 Å². The summed E-state index contributed by atoms with van der Waals surface area (Å²) >= 11 is 3.40. The van der Waals surface area contributed by atoms with Crippen molar-refractivity contribution in [2.75, 3.05) is 5.33 Å². The molecule has 90 valence electrons. The maximum atomic E-state index is 12.1. The molecule has 0 saturated heterocycles. The van der Waals surface area contributed by atoms with Gasteiger partial charge >= 0.3 is 0 Å². The Kier molecular flexibility index (Phi) is 4.31. The second-order valence-corrected chi connectivity index (χ2v) is 4.80. The second kappa shape index (κ2) is 5.96. The lowest BCUT2D eigenvalue weighted by molar-refractivity contribution is 0.534. The highest BCUT2D eigenvalue weighted by Gasteiger charge is 2.02. The smallest absolute Gasteiger partial charge is 0.267 e. The fraction of sp³-hybridized carbons (Fsp3) is 0.385. The zero-order valence-corrected chi connectivity index (χ0v) is 11.2. The number of unbranched alkanes of at least 4 members (excludes halogenated alkanes) is 2. The number of hydrogen-bond acceptors (Lipinski definition) is 2. The average molecular weight is 295 g/mol. The predicted octanol–water partition coefficient (Wildman–Crippen LogP) is 2.96. The van der Waals surface area contributed by atoms with Crippen LogP contribution in [-0.4, -0.2) is 15.1 Å². The van der Waals surface area contributed by atoms with Crippen molar-refractivity contribution in [1.82, 2.24) is 9.78 Å². The van der Waals surface area contributed by atoms with Crippen LogP contribution < -0.4 is 5.56 Å². The van der Waals surface area contributed by atoms with Gasteiger partial charge in [-0.3, -0.25) is 4.79 Å². The Balaban J connectivity index is 2.18. The molecule has 0 aliphatic rings. The molecule has 1 aromatic carbocycles. The van der Waals surface area contributed by atoms with E-state index < -0.39 is 0 Å². The molecule has 0 amide bonds. The standard InChI is InChI=1S/C13H15BrN2O/c14-8-4-1-5-9-16-13(17)12-7-3-2-6-11(12)10-15-16/h2-3,6-7,10H,1,4-5,8-9H2. The van der Waals surface area contributed by atoms with Crippen LogP contribution in [-0.2, 0) is 6.54 Å². The summed E-state index contributed by atoms with van der Waals surface area (Å²) in [6.07, 6.45) is 5.02. The normalized spacial score (nSPS) is 10.9. The zero-order chi connectivity index (χ0) is 12.1. The Morgan fingerprint density at radius 2 is 2.00 bits per heavy atom. The maximum absolute atomic E-state index is 12.1. The van der Waals surface area contributed by atoms with Crippen LogP contribution in [0.25, 0.3) is 10.8 Å². The lowest BCUT2D eigenvalue weighted by Gasteiger charge is -2.05. The molecule has 0 radical (unpaired) electrons. The van der Waals surface area contributed by atoms with Crippen molar-refractivity contribution in [3.63, 3.8) is 0 Å². The van der Waals surface area contributed by atoms with Gasteiger partial charge in [-0.2, -0.15) is 5.10 Å². The van der Waals surface area contributed by atoms with E-state index in [1.54, 1.807) is 10.9 Å². The van der Waals surface area contributed by atoms with Gasteiger partial charge in [0, 0.05) is 17.3 Å². The quantitative estimate of drug-likeness (QED) is 0.628. The number of rotatable bonds is 5. The molecule has 0 spiro atoms. The summed E-state index contributed by atoms with van der Waals surface area (Å²) in [7, 11) is 0. The first-order valence-corrected chi connectivity index (χ1v) is 6.96. The maximum Gasteiger partial charge on any atom is 0.274 e. The number of aryl methyl sites for hydroxylation is 1. The van der Waals surface area contributed by atoms with Crippen molar-refractivity contribution in [3.05, 3.63) is 40.8 Å². The van der Waals surface area contributed by atoms with Crippen molar-refractivity contribution in [3.8, 4) is 0 Å². The molecule has 1 aromatic heterocycles. The van der Waals surface area contributed by atoms with Gasteiger partial charge in [-0.1, -0.05) is 40.5 Å². The van der Waals surface area contributed by atoms with Crippen molar-refractivity contribution >= 4 is 26.7 Å². The first-order chi connectivity index (χ1) is 8.33. The number of hydrogen-bond donors (Lipinski definition) is 0.